The van der Waals surface area contributed by atoms with Gasteiger partial charge in [-0.1, -0.05) is 36.1 Å². The van der Waals surface area contributed by atoms with Gasteiger partial charge in [-0.25, -0.2) is 14.4 Å². The minimum Gasteiger partial charge on any atom is -0.444 e. The summed E-state index contributed by atoms with van der Waals surface area (Å²) >= 11 is 12.3. The van der Waals surface area contributed by atoms with Gasteiger partial charge in [0.1, 0.15) is 29.2 Å². The summed E-state index contributed by atoms with van der Waals surface area (Å²) in [4.78, 5) is 35.9. The van der Waals surface area contributed by atoms with E-state index in [4.69, 9.17) is 66.2 Å². The Morgan fingerprint density at radius 1 is 0.848 bits per heavy atom. The molecule has 0 aromatic heterocycles. The molecule has 10 nitrogen and oxygen atoms in total. The van der Waals surface area contributed by atoms with Crippen molar-refractivity contribution in [3.8, 4) is 36.2 Å². The topological polar surface area (TPSA) is 157 Å². The van der Waals surface area contributed by atoms with Crippen LogP contribution in [0, 0.1) is 24.7 Å². The van der Waals surface area contributed by atoms with Crippen molar-refractivity contribution in [3.63, 3.8) is 0 Å². The minimum atomic E-state index is -0.897. The van der Waals surface area contributed by atoms with E-state index < -0.39 is 35.7 Å². The van der Waals surface area contributed by atoms with Crippen molar-refractivity contribution in [2.75, 3.05) is 28.4 Å². The van der Waals surface area contributed by atoms with Crippen molar-refractivity contribution in [2.24, 2.45) is 5.73 Å². The summed E-state index contributed by atoms with van der Waals surface area (Å²) in [6, 6.07) is 11.4. The summed E-state index contributed by atoms with van der Waals surface area (Å²) in [5.74, 6) is 6.16. The lowest BCUT2D eigenvalue weighted by Crippen LogP contribution is -2.46. The molecule has 2 unspecified atom stereocenters. The molecule has 1 amide bonds. The number of ether oxygens (including phenoxy) is 3. The van der Waals surface area contributed by atoms with E-state index in [-0.39, 0.29) is 24.3 Å². The molecule has 0 aliphatic carbocycles. The molecule has 0 aliphatic rings. The number of halogens is 2. The van der Waals surface area contributed by atoms with E-state index in [0.29, 0.717) is 34.3 Å². The Morgan fingerprint density at radius 2 is 1.26 bits per heavy atom. The van der Waals surface area contributed by atoms with Gasteiger partial charge in [0.15, 0.2) is 0 Å². The summed E-state index contributed by atoms with van der Waals surface area (Å²) in [5.41, 5.74) is 6.44. The van der Waals surface area contributed by atoms with Crippen molar-refractivity contribution in [3.05, 3.63) is 59.7 Å². The number of carbonyl (C=O) groups excluding carboxylic acids is 3. The van der Waals surface area contributed by atoms with Gasteiger partial charge >= 0.3 is 18.0 Å². The molecular formula is C32H40Cl2N2O8S2. The van der Waals surface area contributed by atoms with Crippen molar-refractivity contribution in [1.82, 2.24) is 5.32 Å². The predicted molar refractivity (Wildman–Crippen MR) is 186 cm³/mol. The number of aliphatic hydroxyl groups is 2. The number of amides is 1. The normalized spacial score (nSPS) is 11.4. The first-order valence-electron chi connectivity index (χ1n) is 13.6. The Bertz CT molecular complexity index is 1260. The fraction of sp³-hybridized carbons (Fsp3) is 0.406. The number of alkyl carbamates (subject to hydrolysis) is 1. The van der Waals surface area contributed by atoms with Gasteiger partial charge in [0.05, 0.1) is 30.1 Å². The van der Waals surface area contributed by atoms with Gasteiger partial charge in [-0.2, -0.15) is 0 Å². The average Bonchev–Trinajstić information content (AvgIpc) is 3.01. The van der Waals surface area contributed by atoms with Crippen molar-refractivity contribution in [1.29, 1.82) is 0 Å². The van der Waals surface area contributed by atoms with Gasteiger partial charge in [0.2, 0.25) is 0 Å². The zero-order valence-electron chi connectivity index (χ0n) is 25.9. The third-order valence-electron chi connectivity index (χ3n) is 4.88. The Morgan fingerprint density at radius 3 is 1.65 bits per heavy atom. The molecule has 0 saturated carbocycles. The predicted octanol–water partition coefficient (Wildman–Crippen LogP) is 4.54. The van der Waals surface area contributed by atoms with Crippen LogP contribution in [0.1, 0.15) is 31.9 Å². The van der Waals surface area contributed by atoms with Crippen LogP contribution in [0.15, 0.2) is 48.5 Å². The number of aliphatic hydroxyl groups excluding tert-OH is 2. The van der Waals surface area contributed by atoms with Crippen LogP contribution in [0.25, 0.3) is 0 Å². The van der Waals surface area contributed by atoms with Crippen LogP contribution in [0.4, 0.5) is 4.79 Å². The van der Waals surface area contributed by atoms with E-state index in [9.17, 15) is 14.4 Å². The minimum absolute atomic E-state index is 0.0452. The van der Waals surface area contributed by atoms with Crippen LogP contribution in [-0.4, -0.2) is 74.3 Å². The van der Waals surface area contributed by atoms with E-state index in [0.717, 1.165) is 5.56 Å². The number of nitrogens with one attached hydrogen (secondary N) is 1. The number of nitrogens with two attached hydrogens (primary N) is 1. The number of alkyl halides is 2. The molecule has 0 bridgehead atoms. The molecule has 0 radical (unpaired) electrons. The second kappa shape index (κ2) is 25.1. The zero-order valence-corrected chi connectivity index (χ0v) is 29.0. The van der Waals surface area contributed by atoms with Gasteiger partial charge in [0.25, 0.3) is 0 Å². The molecule has 2 atom stereocenters. The molecule has 0 spiro atoms. The fourth-order valence-electron chi connectivity index (χ4n) is 2.87. The van der Waals surface area contributed by atoms with Gasteiger partial charge in [-0.15, -0.1) is 59.6 Å². The number of hydrogen-bond acceptors (Lipinski definition) is 11. The summed E-state index contributed by atoms with van der Waals surface area (Å²) in [6.07, 6.45) is 9.60. The highest BCUT2D eigenvalue weighted by atomic mass is 35.5. The Balaban J connectivity index is 0.000000846. The monoisotopic (exact) mass is 714 g/mol. The van der Waals surface area contributed by atoms with Crippen LogP contribution in [-0.2, 0) is 27.5 Å². The molecule has 0 aliphatic heterocycles. The molecular weight excluding hydrogens is 675 g/mol. The highest BCUT2D eigenvalue weighted by Gasteiger charge is 2.26. The number of terminal acetylenes is 2. The average molecular weight is 716 g/mol. The molecule has 0 fully saturated rings. The summed E-state index contributed by atoms with van der Waals surface area (Å²) in [6.45, 7) is 5.05. The maximum absolute atomic E-state index is 12.4. The first-order chi connectivity index (χ1) is 21.8. The Hall–Kier alpha value is -3.07. The standard InChI is InChI=1S/C18H23NO5S.C13H15NO3S.CH2Cl2/c1-5-10-25-12-15(19-17(22)24-18(2,3)4)16(21)23-14-8-6-13(11-20)7-9-14;1-2-7-18-9-12(14)13(16)17-11-5-3-10(8-15)4-6-11;2-1-3/h1,6-9,15,20H,10-12H2,2-4H3,(H,19,22);1,3-6,12,15H,7-9,14H2;1H2. The third-order valence-corrected chi connectivity index (χ3v) is 6.79. The van der Waals surface area contributed by atoms with E-state index in [2.05, 4.69) is 17.2 Å². The quantitative estimate of drug-likeness (QED) is 0.0759. The lowest BCUT2D eigenvalue weighted by molar-refractivity contribution is -0.136. The van der Waals surface area contributed by atoms with Gasteiger partial charge in [0, 0.05) is 11.5 Å². The molecule has 2 aromatic rings. The number of carbonyl (C=O) groups is 3. The smallest absolute Gasteiger partial charge is 0.408 e. The first-order valence-corrected chi connectivity index (χ1v) is 16.9. The second-order valence-corrected chi connectivity index (χ2v) is 12.7. The SMILES string of the molecule is C#CCSCC(N)C(=O)Oc1ccc(CO)cc1.C#CCSCC(NC(=O)OC(C)(C)C)C(=O)Oc1ccc(CO)cc1.ClCCl. The second-order valence-electron chi connectivity index (χ2n) is 9.79. The Labute approximate surface area is 289 Å². The van der Waals surface area contributed by atoms with E-state index in [1.807, 2.05) is 0 Å². The lowest BCUT2D eigenvalue weighted by atomic mass is 10.2. The summed E-state index contributed by atoms with van der Waals surface area (Å²) < 4.78 is 15.5. The lowest BCUT2D eigenvalue weighted by Gasteiger charge is -2.22. The fourth-order valence-corrected chi connectivity index (χ4v) is 4.19. The first kappa shape index (κ1) is 42.9. The maximum atomic E-state index is 12.4. The molecule has 2 aromatic carbocycles. The molecule has 0 saturated heterocycles. The molecule has 14 heteroatoms. The van der Waals surface area contributed by atoms with Gasteiger partial charge in [-0.05, 0) is 56.2 Å². The maximum Gasteiger partial charge on any atom is 0.408 e. The largest absolute Gasteiger partial charge is 0.444 e. The van der Waals surface area contributed by atoms with E-state index in [1.165, 1.54) is 23.5 Å². The van der Waals surface area contributed by atoms with E-state index in [1.54, 1.807) is 69.3 Å². The molecule has 252 valence electrons. The van der Waals surface area contributed by atoms with Gasteiger partial charge < -0.3 is 35.5 Å². The summed E-state index contributed by atoms with van der Waals surface area (Å²) in [7, 11) is 0. The number of hydrogen-bond donors (Lipinski definition) is 4. The number of benzene rings is 2. The number of esters is 2. The van der Waals surface area contributed by atoms with Gasteiger partial charge in [-0.3, -0.25) is 0 Å². The van der Waals surface area contributed by atoms with Crippen LogP contribution < -0.4 is 20.5 Å². The Kier molecular flexibility index (Phi) is 23.4. The van der Waals surface area contributed by atoms with Crippen LogP contribution in [0.3, 0.4) is 0 Å². The molecule has 0 heterocycles. The third kappa shape index (κ3) is 20.9. The molecule has 5 N–H and O–H groups in total. The number of rotatable bonds is 13. The van der Waals surface area contributed by atoms with Crippen LogP contribution in [0.2, 0.25) is 0 Å². The van der Waals surface area contributed by atoms with Crippen LogP contribution >= 0.6 is 46.7 Å². The molecule has 46 heavy (non-hydrogen) atoms. The zero-order chi connectivity index (χ0) is 35.0. The van der Waals surface area contributed by atoms with Crippen molar-refractivity contribution < 1.29 is 38.8 Å². The number of thioether (sulfide) groups is 2. The highest BCUT2D eigenvalue weighted by Crippen LogP contribution is 2.15. The van der Waals surface area contributed by atoms with Crippen molar-refractivity contribution >= 4 is 64.8 Å². The highest BCUT2D eigenvalue weighted by molar-refractivity contribution is 7.99. The van der Waals surface area contributed by atoms with Crippen molar-refractivity contribution in [2.45, 2.75) is 51.7 Å². The van der Waals surface area contributed by atoms with E-state index >= 15 is 0 Å². The van der Waals surface area contributed by atoms with Crippen LogP contribution in [0.5, 0.6) is 11.5 Å². The summed E-state index contributed by atoms with van der Waals surface area (Å²) in [5, 5.41) is 20.6. The molecule has 2 rings (SSSR count).